The second-order valence-electron chi connectivity index (χ2n) is 5.14. The van der Waals surface area contributed by atoms with Crippen molar-refractivity contribution < 1.29 is 31.1 Å². The van der Waals surface area contributed by atoms with Crippen molar-refractivity contribution in [2.75, 3.05) is 0 Å². The van der Waals surface area contributed by atoms with Crippen molar-refractivity contribution in [3.8, 4) is 11.5 Å². The van der Waals surface area contributed by atoms with E-state index in [0.717, 1.165) is 12.0 Å². The minimum atomic E-state index is -3.22. The van der Waals surface area contributed by atoms with Gasteiger partial charge in [0.25, 0.3) is 0 Å². The summed E-state index contributed by atoms with van der Waals surface area (Å²) in [6.07, 6.45) is 0.889. The van der Waals surface area contributed by atoms with Crippen molar-refractivity contribution in [1.29, 1.82) is 0 Å². The molecule has 2 unspecified atom stereocenters. The standard InChI is InChI=1S/C16H14F4O3S/c1-3-8(2)9-4-6-10(7-5-9)23-15-11(17)13(19)16(24(21)22)14(20)12(15)18/h4-8H,3H2,1-2H3,(H,21,22). The fraction of sp³-hybridized carbons (Fsp3) is 0.250. The average molecular weight is 362 g/mol. The molecule has 3 nitrogen and oxygen atoms in total. The van der Waals surface area contributed by atoms with E-state index >= 15 is 0 Å². The molecule has 0 aliphatic rings. The van der Waals surface area contributed by atoms with Crippen LogP contribution in [0.15, 0.2) is 29.2 Å². The molecule has 0 spiro atoms. The largest absolute Gasteiger partial charge is 0.451 e. The van der Waals surface area contributed by atoms with Crippen LogP contribution in [0.5, 0.6) is 11.5 Å². The van der Waals surface area contributed by atoms with E-state index in [1.165, 1.54) is 12.1 Å². The van der Waals surface area contributed by atoms with Crippen LogP contribution >= 0.6 is 0 Å². The van der Waals surface area contributed by atoms with Crippen LogP contribution in [0.1, 0.15) is 31.7 Å². The van der Waals surface area contributed by atoms with Crippen molar-refractivity contribution in [2.24, 2.45) is 0 Å². The Balaban J connectivity index is 2.42. The fourth-order valence-electron chi connectivity index (χ4n) is 2.05. The molecule has 1 N–H and O–H groups in total. The summed E-state index contributed by atoms with van der Waals surface area (Å²) in [6.45, 7) is 3.99. The molecule has 2 aromatic rings. The lowest BCUT2D eigenvalue weighted by molar-refractivity contribution is 0.350. The minimum Gasteiger partial charge on any atom is -0.451 e. The molecule has 0 fully saturated rings. The lowest BCUT2D eigenvalue weighted by Crippen LogP contribution is -2.07. The Bertz CT molecular complexity index is 749. The zero-order valence-electron chi connectivity index (χ0n) is 12.8. The van der Waals surface area contributed by atoms with E-state index in [2.05, 4.69) is 0 Å². The van der Waals surface area contributed by atoms with Gasteiger partial charge in [-0.1, -0.05) is 26.0 Å². The molecule has 0 aliphatic heterocycles. The molecular weight excluding hydrogens is 348 g/mol. The summed E-state index contributed by atoms with van der Waals surface area (Å²) in [6, 6.07) is 6.16. The molecule has 2 atom stereocenters. The quantitative estimate of drug-likeness (QED) is 0.456. The lowest BCUT2D eigenvalue weighted by atomic mass is 9.99. The van der Waals surface area contributed by atoms with Crippen molar-refractivity contribution >= 4 is 11.1 Å². The van der Waals surface area contributed by atoms with Crippen LogP contribution in [-0.4, -0.2) is 8.76 Å². The Labute approximate surface area is 138 Å². The maximum atomic E-state index is 13.9. The van der Waals surface area contributed by atoms with E-state index in [1.54, 1.807) is 12.1 Å². The highest BCUT2D eigenvalue weighted by molar-refractivity contribution is 7.79. The number of hydrogen-bond donors (Lipinski definition) is 1. The van der Waals surface area contributed by atoms with Gasteiger partial charge in [0.15, 0.2) is 22.7 Å². The number of hydrogen-bond acceptors (Lipinski definition) is 2. The Kier molecular flexibility index (Phi) is 5.61. The summed E-state index contributed by atoms with van der Waals surface area (Å²) in [4.78, 5) is -1.59. The van der Waals surface area contributed by atoms with Gasteiger partial charge in [-0.25, -0.2) is 13.0 Å². The highest BCUT2D eigenvalue weighted by atomic mass is 32.2. The van der Waals surface area contributed by atoms with Gasteiger partial charge in [0.2, 0.25) is 17.4 Å². The van der Waals surface area contributed by atoms with E-state index < -0.39 is 45.0 Å². The van der Waals surface area contributed by atoms with Crippen molar-refractivity contribution in [3.63, 3.8) is 0 Å². The molecule has 8 heteroatoms. The SMILES string of the molecule is CCC(C)c1ccc(Oc2c(F)c(F)c(S(=O)O)c(F)c2F)cc1. The van der Waals surface area contributed by atoms with Gasteiger partial charge >= 0.3 is 0 Å². The van der Waals surface area contributed by atoms with Gasteiger partial charge in [0.1, 0.15) is 10.6 Å². The molecular formula is C16H14F4O3S. The average Bonchev–Trinajstić information content (AvgIpc) is 2.56. The molecule has 2 aromatic carbocycles. The normalized spacial score (nSPS) is 13.6. The second-order valence-corrected chi connectivity index (χ2v) is 6.05. The van der Waals surface area contributed by atoms with Gasteiger partial charge in [-0.3, -0.25) is 0 Å². The van der Waals surface area contributed by atoms with Crippen LogP contribution in [0.2, 0.25) is 0 Å². The molecule has 0 aliphatic carbocycles. The van der Waals surface area contributed by atoms with Gasteiger partial charge in [-0.15, -0.1) is 0 Å². The molecule has 0 saturated carbocycles. The molecule has 0 bridgehead atoms. The Morgan fingerprint density at radius 3 is 1.96 bits per heavy atom. The Morgan fingerprint density at radius 1 is 1.04 bits per heavy atom. The number of benzene rings is 2. The summed E-state index contributed by atoms with van der Waals surface area (Å²) in [5.41, 5.74) is 0.967. The molecule has 0 heterocycles. The van der Waals surface area contributed by atoms with Gasteiger partial charge in [-0.05, 0) is 30.0 Å². The first-order valence-corrected chi connectivity index (χ1v) is 8.13. The zero-order valence-corrected chi connectivity index (χ0v) is 13.6. The third kappa shape index (κ3) is 3.44. The van der Waals surface area contributed by atoms with Crippen molar-refractivity contribution in [3.05, 3.63) is 53.1 Å². The monoisotopic (exact) mass is 362 g/mol. The van der Waals surface area contributed by atoms with Crippen LogP contribution in [0, 0.1) is 23.3 Å². The van der Waals surface area contributed by atoms with E-state index in [9.17, 15) is 21.8 Å². The van der Waals surface area contributed by atoms with Crippen LogP contribution in [0.25, 0.3) is 0 Å². The van der Waals surface area contributed by atoms with Crippen molar-refractivity contribution in [1.82, 2.24) is 0 Å². The van der Waals surface area contributed by atoms with Crippen LogP contribution in [0.3, 0.4) is 0 Å². The van der Waals surface area contributed by atoms with Crippen LogP contribution in [0.4, 0.5) is 17.6 Å². The highest BCUT2D eigenvalue weighted by Gasteiger charge is 2.30. The van der Waals surface area contributed by atoms with E-state index in [0.29, 0.717) is 0 Å². The molecule has 0 aromatic heterocycles. The Morgan fingerprint density at radius 2 is 1.54 bits per heavy atom. The summed E-state index contributed by atoms with van der Waals surface area (Å²) in [5, 5.41) is 0. The molecule has 0 radical (unpaired) electrons. The van der Waals surface area contributed by atoms with Crippen molar-refractivity contribution in [2.45, 2.75) is 31.1 Å². The predicted molar refractivity (Wildman–Crippen MR) is 80.5 cm³/mol. The first kappa shape index (κ1) is 18.4. The minimum absolute atomic E-state index is 0.0310. The number of halogens is 4. The lowest BCUT2D eigenvalue weighted by Gasteiger charge is -2.13. The van der Waals surface area contributed by atoms with E-state index in [1.807, 2.05) is 13.8 Å². The summed E-state index contributed by atoms with van der Waals surface area (Å²) >= 11 is -3.22. The third-order valence-electron chi connectivity index (χ3n) is 3.64. The fourth-order valence-corrected chi connectivity index (χ4v) is 2.54. The number of ether oxygens (including phenoxy) is 1. The van der Waals surface area contributed by atoms with E-state index in [-0.39, 0.29) is 11.7 Å². The van der Waals surface area contributed by atoms with Crippen LogP contribution < -0.4 is 4.74 Å². The summed E-state index contributed by atoms with van der Waals surface area (Å²) < 4.78 is 79.5. The second kappa shape index (κ2) is 7.31. The maximum absolute atomic E-state index is 13.9. The first-order chi connectivity index (χ1) is 11.3. The molecule has 2 rings (SSSR count). The van der Waals surface area contributed by atoms with Gasteiger partial charge in [0, 0.05) is 0 Å². The third-order valence-corrected chi connectivity index (χ3v) is 4.35. The molecule has 24 heavy (non-hydrogen) atoms. The van der Waals surface area contributed by atoms with Gasteiger partial charge < -0.3 is 9.29 Å². The topological polar surface area (TPSA) is 46.5 Å². The summed E-state index contributed by atoms with van der Waals surface area (Å²) in [5.74, 6) is -8.77. The van der Waals surface area contributed by atoms with E-state index in [4.69, 9.17) is 9.29 Å². The molecule has 0 amide bonds. The predicted octanol–water partition coefficient (Wildman–Crippen LogP) is 5.13. The van der Waals surface area contributed by atoms with Crippen LogP contribution in [-0.2, 0) is 11.1 Å². The van der Waals surface area contributed by atoms with Gasteiger partial charge in [0.05, 0.1) is 0 Å². The number of rotatable bonds is 5. The highest BCUT2D eigenvalue weighted by Crippen LogP contribution is 2.34. The maximum Gasteiger partial charge on any atom is 0.205 e. The Hall–Kier alpha value is -1.93. The molecule has 130 valence electrons. The zero-order chi connectivity index (χ0) is 18.0. The molecule has 0 saturated heterocycles. The van der Waals surface area contributed by atoms with Gasteiger partial charge in [-0.2, -0.15) is 8.78 Å². The smallest absolute Gasteiger partial charge is 0.205 e. The summed E-state index contributed by atoms with van der Waals surface area (Å²) in [7, 11) is 0. The first-order valence-electron chi connectivity index (χ1n) is 7.02.